The van der Waals surface area contributed by atoms with Crippen LogP contribution in [-0.4, -0.2) is 22.9 Å². The van der Waals surface area contributed by atoms with Gasteiger partial charge in [0, 0.05) is 24.2 Å². The average molecular weight is 365 g/mol. The number of aryl methyl sites for hydroxylation is 1. The molecule has 3 rings (SSSR count). The zero-order chi connectivity index (χ0) is 19.2. The molecule has 2 aromatic carbocycles. The number of ketones is 1. The van der Waals surface area contributed by atoms with Crippen molar-refractivity contribution in [3.8, 4) is 5.75 Å². The highest BCUT2D eigenvalue weighted by atomic mass is 16.5. The standard InChI is InChI=1S/C22H23NO4/c1-3-12-23-14-19(21(24)22(25)26-4-2)18-11-10-17(13-20(18)23)27-15-16-8-6-5-7-9-16/h5-11,13-14H,3-4,12,15H2,1-2H3. The van der Waals surface area contributed by atoms with Gasteiger partial charge >= 0.3 is 5.97 Å². The summed E-state index contributed by atoms with van der Waals surface area (Å²) in [7, 11) is 0. The molecule has 1 aromatic heterocycles. The quantitative estimate of drug-likeness (QED) is 0.338. The summed E-state index contributed by atoms with van der Waals surface area (Å²) in [6.45, 7) is 5.14. The summed E-state index contributed by atoms with van der Waals surface area (Å²) in [5.74, 6) is -0.718. The summed E-state index contributed by atoms with van der Waals surface area (Å²) >= 11 is 0. The third-order valence-electron chi connectivity index (χ3n) is 4.27. The van der Waals surface area contributed by atoms with Crippen LogP contribution in [-0.2, 0) is 22.7 Å². The molecule has 0 aliphatic rings. The lowest BCUT2D eigenvalue weighted by Gasteiger charge is -2.08. The molecule has 0 unspecified atom stereocenters. The molecule has 0 N–H and O–H groups in total. The summed E-state index contributed by atoms with van der Waals surface area (Å²) in [6.07, 6.45) is 2.64. The van der Waals surface area contributed by atoms with Crippen molar-refractivity contribution < 1.29 is 19.1 Å². The molecule has 3 aromatic rings. The van der Waals surface area contributed by atoms with Gasteiger partial charge in [0.25, 0.3) is 5.78 Å². The average Bonchev–Trinajstić information content (AvgIpc) is 3.05. The number of Topliss-reactive ketones (excluding diaryl/α,β-unsaturated/α-hetero) is 1. The summed E-state index contributed by atoms with van der Waals surface area (Å²) < 4.78 is 12.7. The van der Waals surface area contributed by atoms with E-state index in [4.69, 9.17) is 9.47 Å². The lowest BCUT2D eigenvalue weighted by molar-refractivity contribution is -0.137. The van der Waals surface area contributed by atoms with Crippen LogP contribution in [0.15, 0.2) is 54.7 Å². The van der Waals surface area contributed by atoms with E-state index in [1.54, 1.807) is 13.1 Å². The second kappa shape index (κ2) is 8.54. The molecule has 1 heterocycles. The first-order chi connectivity index (χ1) is 13.1. The summed E-state index contributed by atoms with van der Waals surface area (Å²) in [5, 5.41) is 0.730. The second-order valence-electron chi connectivity index (χ2n) is 6.24. The number of esters is 1. The van der Waals surface area contributed by atoms with E-state index in [2.05, 4.69) is 6.92 Å². The van der Waals surface area contributed by atoms with E-state index in [9.17, 15) is 9.59 Å². The van der Waals surface area contributed by atoms with E-state index >= 15 is 0 Å². The van der Waals surface area contributed by atoms with Crippen LogP contribution in [0, 0.1) is 0 Å². The summed E-state index contributed by atoms with van der Waals surface area (Å²) in [6, 6.07) is 15.5. The van der Waals surface area contributed by atoms with E-state index < -0.39 is 11.8 Å². The maximum atomic E-state index is 12.4. The van der Waals surface area contributed by atoms with Gasteiger partial charge in [0.15, 0.2) is 0 Å². The van der Waals surface area contributed by atoms with E-state index in [1.165, 1.54) is 0 Å². The van der Waals surface area contributed by atoms with Gasteiger partial charge in [-0.25, -0.2) is 4.79 Å². The lowest BCUT2D eigenvalue weighted by atomic mass is 10.1. The SMILES string of the molecule is CCCn1cc(C(=O)C(=O)OCC)c2ccc(OCc3ccccc3)cc21. The number of benzene rings is 2. The van der Waals surface area contributed by atoms with Gasteiger partial charge in [-0.2, -0.15) is 0 Å². The first-order valence-electron chi connectivity index (χ1n) is 9.15. The number of nitrogens with zero attached hydrogens (tertiary/aromatic N) is 1. The fourth-order valence-corrected chi connectivity index (χ4v) is 3.02. The van der Waals surface area contributed by atoms with Crippen LogP contribution < -0.4 is 4.74 Å². The molecule has 0 radical (unpaired) electrons. The van der Waals surface area contributed by atoms with Gasteiger partial charge in [0.2, 0.25) is 0 Å². The molecule has 140 valence electrons. The normalized spacial score (nSPS) is 10.7. The van der Waals surface area contributed by atoms with Crippen molar-refractivity contribution >= 4 is 22.7 Å². The van der Waals surface area contributed by atoms with Gasteiger partial charge in [-0.15, -0.1) is 0 Å². The number of rotatable bonds is 8. The molecule has 0 saturated carbocycles. The van der Waals surface area contributed by atoms with Crippen LogP contribution in [0.1, 0.15) is 36.2 Å². The van der Waals surface area contributed by atoms with Crippen LogP contribution in [0.4, 0.5) is 0 Å². The molecule has 0 saturated heterocycles. The molecule has 27 heavy (non-hydrogen) atoms. The molecule has 0 aliphatic heterocycles. The smallest absolute Gasteiger partial charge is 0.379 e. The van der Waals surface area contributed by atoms with E-state index in [0.717, 1.165) is 35.2 Å². The molecular formula is C22H23NO4. The van der Waals surface area contributed by atoms with Gasteiger partial charge in [-0.1, -0.05) is 37.3 Å². The predicted octanol–water partition coefficient (Wildman–Crippen LogP) is 4.38. The molecular weight excluding hydrogens is 342 g/mol. The van der Waals surface area contributed by atoms with Gasteiger partial charge in [-0.05, 0) is 31.0 Å². The zero-order valence-corrected chi connectivity index (χ0v) is 15.6. The fraction of sp³-hybridized carbons (Fsp3) is 0.273. The van der Waals surface area contributed by atoms with Gasteiger partial charge in [0.1, 0.15) is 12.4 Å². The van der Waals surface area contributed by atoms with E-state index in [-0.39, 0.29) is 6.61 Å². The molecule has 0 atom stereocenters. The van der Waals surface area contributed by atoms with E-state index in [0.29, 0.717) is 12.2 Å². The minimum Gasteiger partial charge on any atom is -0.489 e. The molecule has 0 amide bonds. The zero-order valence-electron chi connectivity index (χ0n) is 15.6. The first kappa shape index (κ1) is 18.7. The Morgan fingerprint density at radius 1 is 1.04 bits per heavy atom. The number of aromatic nitrogens is 1. The highest BCUT2D eigenvalue weighted by Crippen LogP contribution is 2.27. The predicted molar refractivity (Wildman–Crippen MR) is 104 cm³/mol. The van der Waals surface area contributed by atoms with Gasteiger partial charge in [-0.3, -0.25) is 4.79 Å². The van der Waals surface area contributed by atoms with Crippen LogP contribution in [0.25, 0.3) is 10.9 Å². The number of ether oxygens (including phenoxy) is 2. The van der Waals surface area contributed by atoms with Crippen LogP contribution >= 0.6 is 0 Å². The monoisotopic (exact) mass is 365 g/mol. The van der Waals surface area contributed by atoms with Crippen LogP contribution in [0.5, 0.6) is 5.75 Å². The van der Waals surface area contributed by atoms with Gasteiger partial charge in [0.05, 0.1) is 17.7 Å². The third-order valence-corrected chi connectivity index (χ3v) is 4.27. The summed E-state index contributed by atoms with van der Waals surface area (Å²) in [5.41, 5.74) is 2.32. The number of hydrogen-bond donors (Lipinski definition) is 0. The van der Waals surface area contributed by atoms with Crippen molar-refractivity contribution in [3.05, 3.63) is 65.9 Å². The Labute approximate surface area is 158 Å². The molecule has 0 fully saturated rings. The van der Waals surface area contributed by atoms with Crippen molar-refractivity contribution in [2.45, 2.75) is 33.4 Å². The Morgan fingerprint density at radius 2 is 1.81 bits per heavy atom. The van der Waals surface area contributed by atoms with Crippen molar-refractivity contribution in [2.24, 2.45) is 0 Å². The minimum atomic E-state index is -0.822. The number of carbonyl (C=O) groups is 2. The highest BCUT2D eigenvalue weighted by Gasteiger charge is 2.22. The number of carbonyl (C=O) groups excluding carboxylic acids is 2. The maximum absolute atomic E-state index is 12.4. The minimum absolute atomic E-state index is 0.176. The highest BCUT2D eigenvalue weighted by molar-refractivity contribution is 6.43. The fourth-order valence-electron chi connectivity index (χ4n) is 3.02. The molecule has 0 spiro atoms. The Bertz CT molecular complexity index is 944. The topological polar surface area (TPSA) is 57.5 Å². The Hall–Kier alpha value is -3.08. The third kappa shape index (κ3) is 4.19. The Kier molecular flexibility index (Phi) is 5.91. The second-order valence-corrected chi connectivity index (χ2v) is 6.24. The molecule has 5 heteroatoms. The maximum Gasteiger partial charge on any atom is 0.379 e. The molecule has 5 nitrogen and oxygen atoms in total. The van der Waals surface area contributed by atoms with Crippen molar-refractivity contribution in [2.75, 3.05) is 6.61 Å². The molecule has 0 bridgehead atoms. The Morgan fingerprint density at radius 3 is 2.52 bits per heavy atom. The first-order valence-corrected chi connectivity index (χ1v) is 9.15. The largest absolute Gasteiger partial charge is 0.489 e. The number of fused-ring (bicyclic) bond motifs is 1. The number of hydrogen-bond acceptors (Lipinski definition) is 4. The van der Waals surface area contributed by atoms with Crippen molar-refractivity contribution in [1.82, 2.24) is 4.57 Å². The van der Waals surface area contributed by atoms with Gasteiger partial charge < -0.3 is 14.0 Å². The van der Waals surface area contributed by atoms with E-state index in [1.807, 2.05) is 53.1 Å². The van der Waals surface area contributed by atoms with Crippen LogP contribution in [0.2, 0.25) is 0 Å². The summed E-state index contributed by atoms with van der Waals surface area (Å²) in [4.78, 5) is 24.3. The molecule has 0 aliphatic carbocycles. The van der Waals surface area contributed by atoms with Crippen molar-refractivity contribution in [1.29, 1.82) is 0 Å². The lowest BCUT2D eigenvalue weighted by Crippen LogP contribution is -2.17. The Balaban J connectivity index is 1.91. The van der Waals surface area contributed by atoms with Crippen molar-refractivity contribution in [3.63, 3.8) is 0 Å². The van der Waals surface area contributed by atoms with Crippen LogP contribution in [0.3, 0.4) is 0 Å².